The Morgan fingerprint density at radius 1 is 1.23 bits per heavy atom. The summed E-state index contributed by atoms with van der Waals surface area (Å²) in [6.07, 6.45) is 5.40. The third-order valence-electron chi connectivity index (χ3n) is 4.14. The first-order valence-corrected chi connectivity index (χ1v) is 7.50. The van der Waals surface area contributed by atoms with Crippen molar-refractivity contribution in [2.24, 2.45) is 5.41 Å². The molecule has 6 heteroatoms. The number of nitrogens with zero attached hydrogens (tertiary/aromatic N) is 3. The van der Waals surface area contributed by atoms with Crippen LogP contribution in [0, 0.1) is 5.41 Å². The fraction of sp³-hybridized carbons (Fsp3) is 0.438. The van der Waals surface area contributed by atoms with Crippen LogP contribution in [-0.2, 0) is 4.74 Å². The zero-order valence-electron chi connectivity index (χ0n) is 12.7. The van der Waals surface area contributed by atoms with Crippen LogP contribution in [0.1, 0.15) is 19.8 Å². The van der Waals surface area contributed by atoms with E-state index in [1.807, 2.05) is 12.1 Å². The molecule has 1 aliphatic rings. The Morgan fingerprint density at radius 2 is 2.05 bits per heavy atom. The molecule has 1 aliphatic heterocycles. The highest BCUT2D eigenvalue weighted by atomic mass is 16.5. The lowest BCUT2D eigenvalue weighted by atomic mass is 9.82. The molecule has 0 atom stereocenters. The summed E-state index contributed by atoms with van der Waals surface area (Å²) in [6.45, 7) is 4.86. The van der Waals surface area contributed by atoms with Crippen molar-refractivity contribution in [3.8, 4) is 11.3 Å². The van der Waals surface area contributed by atoms with E-state index >= 15 is 0 Å². The molecule has 0 amide bonds. The van der Waals surface area contributed by atoms with Crippen molar-refractivity contribution < 1.29 is 4.74 Å². The molecule has 0 aliphatic carbocycles. The molecule has 6 nitrogen and oxygen atoms in total. The van der Waals surface area contributed by atoms with Gasteiger partial charge in [0.25, 0.3) is 0 Å². The lowest BCUT2D eigenvalue weighted by Crippen LogP contribution is -2.33. The molecule has 0 saturated carbocycles. The minimum absolute atomic E-state index is 0.259. The van der Waals surface area contributed by atoms with Crippen molar-refractivity contribution in [2.45, 2.75) is 19.8 Å². The van der Waals surface area contributed by atoms with E-state index in [1.165, 1.54) is 6.33 Å². The van der Waals surface area contributed by atoms with E-state index in [0.29, 0.717) is 5.82 Å². The summed E-state index contributed by atoms with van der Waals surface area (Å²) in [5.41, 5.74) is 7.75. The van der Waals surface area contributed by atoms with Gasteiger partial charge in [-0.1, -0.05) is 6.92 Å². The van der Waals surface area contributed by atoms with E-state index in [-0.39, 0.29) is 5.41 Å². The maximum absolute atomic E-state index is 5.71. The van der Waals surface area contributed by atoms with Crippen LogP contribution in [0.2, 0.25) is 0 Å². The van der Waals surface area contributed by atoms with Crippen LogP contribution in [0.4, 0.5) is 11.6 Å². The lowest BCUT2D eigenvalue weighted by Gasteiger charge is -2.33. The quantitative estimate of drug-likeness (QED) is 0.901. The summed E-state index contributed by atoms with van der Waals surface area (Å²) in [5.74, 6) is 1.31. The van der Waals surface area contributed by atoms with Gasteiger partial charge in [0.2, 0.25) is 0 Å². The van der Waals surface area contributed by atoms with Crippen molar-refractivity contribution in [3.05, 3.63) is 30.7 Å². The number of ether oxygens (including phenoxy) is 1. The van der Waals surface area contributed by atoms with E-state index in [9.17, 15) is 0 Å². The number of hydrogen-bond acceptors (Lipinski definition) is 6. The van der Waals surface area contributed by atoms with E-state index < -0.39 is 0 Å². The molecule has 0 radical (unpaired) electrons. The lowest BCUT2D eigenvalue weighted by molar-refractivity contribution is 0.0300. The average Bonchev–Trinajstić information content (AvgIpc) is 2.54. The number of hydrogen-bond donors (Lipinski definition) is 2. The molecular formula is C16H21N5O. The summed E-state index contributed by atoms with van der Waals surface area (Å²) >= 11 is 0. The second kappa shape index (κ2) is 6.27. The third kappa shape index (κ3) is 3.51. The zero-order chi connectivity index (χ0) is 15.4. The predicted molar refractivity (Wildman–Crippen MR) is 86.3 cm³/mol. The van der Waals surface area contributed by atoms with Crippen LogP contribution in [0.15, 0.2) is 30.7 Å². The van der Waals surface area contributed by atoms with Crippen LogP contribution in [0.5, 0.6) is 0 Å². The van der Waals surface area contributed by atoms with Crippen LogP contribution in [0.3, 0.4) is 0 Å². The summed E-state index contributed by atoms with van der Waals surface area (Å²) in [7, 11) is 0. The van der Waals surface area contributed by atoms with Crippen LogP contribution in [-0.4, -0.2) is 34.7 Å². The van der Waals surface area contributed by atoms with Gasteiger partial charge in [0.15, 0.2) is 0 Å². The highest BCUT2D eigenvalue weighted by Gasteiger charge is 2.27. The van der Waals surface area contributed by atoms with Gasteiger partial charge < -0.3 is 15.8 Å². The van der Waals surface area contributed by atoms with Gasteiger partial charge >= 0.3 is 0 Å². The molecule has 1 fully saturated rings. The molecule has 3 heterocycles. The fourth-order valence-corrected chi connectivity index (χ4v) is 2.56. The van der Waals surface area contributed by atoms with Crippen molar-refractivity contribution in [1.29, 1.82) is 0 Å². The number of rotatable bonds is 4. The monoisotopic (exact) mass is 299 g/mol. The maximum atomic E-state index is 5.71. The van der Waals surface area contributed by atoms with Gasteiger partial charge in [0, 0.05) is 37.6 Å². The number of anilines is 2. The van der Waals surface area contributed by atoms with Gasteiger partial charge in [-0.25, -0.2) is 15.0 Å². The smallest absolute Gasteiger partial charge is 0.127 e. The zero-order valence-corrected chi connectivity index (χ0v) is 12.7. The van der Waals surface area contributed by atoms with E-state index in [0.717, 1.165) is 49.7 Å². The average molecular weight is 299 g/mol. The summed E-state index contributed by atoms with van der Waals surface area (Å²) < 4.78 is 5.44. The molecule has 0 unspecified atom stereocenters. The first-order valence-electron chi connectivity index (χ1n) is 7.50. The molecule has 1 saturated heterocycles. The number of aromatic nitrogens is 3. The Labute approximate surface area is 130 Å². The standard InChI is InChI=1S/C16H21N5O/c1-16(3-6-22-7-4-16)10-19-15-8-12(2-5-18-15)13-9-14(17)21-11-20-13/h2,5,8-9,11H,3-4,6-7,10H2,1H3,(H,18,19)(H2,17,20,21). The highest BCUT2D eigenvalue weighted by Crippen LogP contribution is 2.30. The fourth-order valence-electron chi connectivity index (χ4n) is 2.56. The number of nitrogen functional groups attached to an aromatic ring is 1. The molecule has 0 spiro atoms. The van der Waals surface area contributed by atoms with Gasteiger partial charge in [0.05, 0.1) is 5.69 Å². The minimum Gasteiger partial charge on any atom is -0.384 e. The molecular weight excluding hydrogens is 278 g/mol. The van der Waals surface area contributed by atoms with E-state index in [4.69, 9.17) is 10.5 Å². The Kier molecular flexibility index (Phi) is 4.20. The van der Waals surface area contributed by atoms with Gasteiger partial charge in [-0.2, -0.15) is 0 Å². The van der Waals surface area contributed by atoms with Crippen molar-refractivity contribution in [1.82, 2.24) is 15.0 Å². The van der Waals surface area contributed by atoms with Crippen molar-refractivity contribution >= 4 is 11.6 Å². The van der Waals surface area contributed by atoms with Crippen LogP contribution in [0.25, 0.3) is 11.3 Å². The topological polar surface area (TPSA) is 86.0 Å². The van der Waals surface area contributed by atoms with Gasteiger partial charge in [-0.3, -0.25) is 0 Å². The van der Waals surface area contributed by atoms with Crippen LogP contribution < -0.4 is 11.1 Å². The first-order chi connectivity index (χ1) is 10.6. The van der Waals surface area contributed by atoms with E-state index in [2.05, 4.69) is 27.2 Å². The van der Waals surface area contributed by atoms with Crippen LogP contribution >= 0.6 is 0 Å². The number of pyridine rings is 1. The minimum atomic E-state index is 0.259. The summed E-state index contributed by atoms with van der Waals surface area (Å²) in [4.78, 5) is 12.6. The Hall–Kier alpha value is -2.21. The Bertz CT molecular complexity index is 640. The second-order valence-electron chi connectivity index (χ2n) is 6.03. The summed E-state index contributed by atoms with van der Waals surface area (Å²) in [6, 6.07) is 5.67. The van der Waals surface area contributed by atoms with Gasteiger partial charge in [0.1, 0.15) is 18.0 Å². The van der Waals surface area contributed by atoms with Crippen molar-refractivity contribution in [3.63, 3.8) is 0 Å². The normalized spacial score (nSPS) is 17.1. The number of nitrogens with one attached hydrogen (secondary N) is 1. The van der Waals surface area contributed by atoms with Crippen molar-refractivity contribution in [2.75, 3.05) is 30.8 Å². The Morgan fingerprint density at radius 3 is 2.82 bits per heavy atom. The number of nitrogens with two attached hydrogens (primary N) is 1. The second-order valence-corrected chi connectivity index (χ2v) is 6.03. The molecule has 3 N–H and O–H groups in total. The highest BCUT2D eigenvalue weighted by molar-refractivity contribution is 5.64. The molecule has 22 heavy (non-hydrogen) atoms. The molecule has 0 aromatic carbocycles. The molecule has 2 aromatic heterocycles. The van der Waals surface area contributed by atoms with Gasteiger partial charge in [-0.15, -0.1) is 0 Å². The Balaban J connectivity index is 1.71. The molecule has 116 valence electrons. The molecule has 3 rings (SSSR count). The first kappa shape index (κ1) is 14.7. The SMILES string of the molecule is CC1(CNc2cc(-c3cc(N)ncn3)ccn2)CCOCC1. The van der Waals surface area contributed by atoms with Gasteiger partial charge in [-0.05, 0) is 30.4 Å². The predicted octanol–water partition coefficient (Wildman–Crippen LogP) is 2.35. The third-order valence-corrected chi connectivity index (χ3v) is 4.14. The summed E-state index contributed by atoms with van der Waals surface area (Å²) in [5, 5.41) is 3.44. The molecule has 0 bridgehead atoms. The maximum Gasteiger partial charge on any atom is 0.127 e. The largest absolute Gasteiger partial charge is 0.384 e. The molecule has 2 aromatic rings. The van der Waals surface area contributed by atoms with E-state index in [1.54, 1.807) is 12.3 Å².